The predicted octanol–water partition coefficient (Wildman–Crippen LogP) is 2.43. The van der Waals surface area contributed by atoms with Gasteiger partial charge in [0.25, 0.3) is 0 Å². The molecule has 0 saturated carbocycles. The van der Waals surface area contributed by atoms with Crippen molar-refractivity contribution in [3.63, 3.8) is 0 Å². The van der Waals surface area contributed by atoms with E-state index in [1.54, 1.807) is 0 Å². The van der Waals surface area contributed by atoms with Crippen LogP contribution in [-0.2, 0) is 0 Å². The molecule has 2 rings (SSSR count). The Morgan fingerprint density at radius 3 is 2.08 bits per heavy atom. The number of hydrogen-bond acceptors (Lipinski definition) is 6. The van der Waals surface area contributed by atoms with Crippen LogP contribution in [0.3, 0.4) is 0 Å². The third-order valence-corrected chi connectivity index (χ3v) is 3.31. The fourth-order valence-corrected chi connectivity index (χ4v) is 2.12. The van der Waals surface area contributed by atoms with Gasteiger partial charge in [-0.1, -0.05) is 0 Å². The van der Waals surface area contributed by atoms with E-state index in [2.05, 4.69) is 5.32 Å². The quantitative estimate of drug-likeness (QED) is 0.593. The van der Waals surface area contributed by atoms with Crippen molar-refractivity contribution in [2.24, 2.45) is 0 Å². The molecule has 0 saturated heterocycles. The molecule has 0 aliphatic heterocycles. The number of nitrogen functional groups attached to an aromatic ring is 1. The first kappa shape index (κ1) is 16.9. The van der Waals surface area contributed by atoms with Gasteiger partial charge in [-0.15, -0.1) is 0 Å². The fraction of sp³-hybridized carbons (Fsp3) is 0.125. The molecule has 0 spiro atoms. The number of carboxylic acid groups (broad SMARTS) is 2. The molecule has 0 atom stereocenters. The molecule has 0 heterocycles. The van der Waals surface area contributed by atoms with Crippen LogP contribution >= 0.6 is 0 Å². The second-order valence-electron chi connectivity index (χ2n) is 4.79. The molecule has 0 amide bonds. The Hall–Kier alpha value is -3.42. The van der Waals surface area contributed by atoms with Crippen LogP contribution < -0.4 is 20.5 Å². The molecule has 24 heavy (non-hydrogen) atoms. The molecule has 8 heteroatoms. The zero-order valence-electron chi connectivity index (χ0n) is 13.0. The molecule has 0 bridgehead atoms. The molecule has 126 valence electrons. The summed E-state index contributed by atoms with van der Waals surface area (Å²) in [6.45, 7) is 0. The first-order valence-corrected chi connectivity index (χ1v) is 6.76. The van der Waals surface area contributed by atoms with E-state index in [4.69, 9.17) is 25.4 Å². The highest BCUT2D eigenvalue weighted by molar-refractivity contribution is 5.94. The number of carbonyl (C=O) groups is 2. The Bertz CT molecular complexity index is 803. The monoisotopic (exact) mass is 332 g/mol. The van der Waals surface area contributed by atoms with Crippen LogP contribution in [0.5, 0.6) is 11.5 Å². The number of rotatable bonds is 6. The van der Waals surface area contributed by atoms with Gasteiger partial charge in [0.1, 0.15) is 17.2 Å². The molecule has 2 aromatic carbocycles. The maximum atomic E-state index is 11.1. The van der Waals surface area contributed by atoms with Crippen LogP contribution in [-0.4, -0.2) is 36.4 Å². The van der Waals surface area contributed by atoms with Crippen LogP contribution in [0.1, 0.15) is 20.7 Å². The summed E-state index contributed by atoms with van der Waals surface area (Å²) >= 11 is 0. The lowest BCUT2D eigenvalue weighted by atomic mass is 10.1. The summed E-state index contributed by atoms with van der Waals surface area (Å²) in [6, 6.07) is 6.91. The lowest BCUT2D eigenvalue weighted by Gasteiger charge is -2.17. The summed E-state index contributed by atoms with van der Waals surface area (Å²) in [4.78, 5) is 22.1. The Kier molecular flexibility index (Phi) is 4.78. The summed E-state index contributed by atoms with van der Waals surface area (Å²) < 4.78 is 10.4. The second-order valence-corrected chi connectivity index (χ2v) is 4.79. The zero-order chi connectivity index (χ0) is 17.9. The van der Waals surface area contributed by atoms with Crippen LogP contribution in [0.15, 0.2) is 30.3 Å². The predicted molar refractivity (Wildman–Crippen MR) is 87.6 cm³/mol. The van der Waals surface area contributed by atoms with E-state index >= 15 is 0 Å². The molecule has 8 nitrogen and oxygen atoms in total. The van der Waals surface area contributed by atoms with Gasteiger partial charge < -0.3 is 30.7 Å². The Labute approximate surface area is 137 Å². The number of anilines is 3. The smallest absolute Gasteiger partial charge is 0.335 e. The van der Waals surface area contributed by atoms with Crippen LogP contribution in [0.25, 0.3) is 0 Å². The van der Waals surface area contributed by atoms with Crippen LogP contribution in [0.4, 0.5) is 17.1 Å². The van der Waals surface area contributed by atoms with E-state index in [0.29, 0.717) is 17.1 Å². The molecule has 5 N–H and O–H groups in total. The van der Waals surface area contributed by atoms with E-state index in [-0.39, 0.29) is 22.6 Å². The molecule has 0 fully saturated rings. The first-order chi connectivity index (χ1) is 11.4. The third-order valence-electron chi connectivity index (χ3n) is 3.31. The van der Waals surface area contributed by atoms with Crippen molar-refractivity contribution < 1.29 is 29.3 Å². The van der Waals surface area contributed by atoms with E-state index in [0.717, 1.165) is 0 Å². The number of hydrogen-bond donors (Lipinski definition) is 4. The van der Waals surface area contributed by atoms with Gasteiger partial charge in [0.15, 0.2) is 0 Å². The summed E-state index contributed by atoms with van der Waals surface area (Å²) in [5.74, 6) is -1.69. The molecular weight excluding hydrogens is 316 g/mol. The summed E-state index contributed by atoms with van der Waals surface area (Å²) in [7, 11) is 2.79. The average Bonchev–Trinajstić information content (AvgIpc) is 2.56. The topological polar surface area (TPSA) is 131 Å². The van der Waals surface area contributed by atoms with Crippen molar-refractivity contribution in [2.75, 3.05) is 25.3 Å². The minimum Gasteiger partial charge on any atom is -0.495 e. The van der Waals surface area contributed by atoms with Crippen molar-refractivity contribution in [1.82, 2.24) is 0 Å². The van der Waals surface area contributed by atoms with Gasteiger partial charge in [0, 0.05) is 0 Å². The van der Waals surface area contributed by atoms with Crippen LogP contribution in [0, 0.1) is 0 Å². The highest BCUT2D eigenvalue weighted by Gasteiger charge is 2.16. The van der Waals surface area contributed by atoms with E-state index < -0.39 is 11.9 Å². The minimum atomic E-state index is -1.13. The Balaban J connectivity index is 2.48. The highest BCUT2D eigenvalue weighted by Crippen LogP contribution is 2.37. The van der Waals surface area contributed by atoms with Gasteiger partial charge in [-0.05, 0) is 30.3 Å². The zero-order valence-corrected chi connectivity index (χ0v) is 13.0. The van der Waals surface area contributed by atoms with Gasteiger partial charge in [-0.3, -0.25) is 0 Å². The molecule has 2 aromatic rings. The third kappa shape index (κ3) is 3.32. The van der Waals surface area contributed by atoms with E-state index in [1.807, 2.05) is 0 Å². The van der Waals surface area contributed by atoms with E-state index in [9.17, 15) is 9.59 Å². The molecule has 0 radical (unpaired) electrons. The lowest BCUT2D eigenvalue weighted by Crippen LogP contribution is -2.05. The van der Waals surface area contributed by atoms with Crippen molar-refractivity contribution in [3.05, 3.63) is 41.5 Å². The number of nitrogens with one attached hydrogen (secondary N) is 1. The standard InChI is InChI=1S/C16H16N2O6/c1-23-12-6-8(15(19)20)3-4-11(12)18-14-10(17)5-9(16(21)22)7-13(14)24-2/h3-7,18H,17H2,1-2H3,(H,19,20)(H,21,22). The first-order valence-electron chi connectivity index (χ1n) is 6.76. The summed E-state index contributed by atoms with van der Waals surface area (Å²) in [6.07, 6.45) is 0. The maximum Gasteiger partial charge on any atom is 0.335 e. The SMILES string of the molecule is COc1cc(C(=O)O)ccc1Nc1c(N)cc(C(=O)O)cc1OC. The van der Waals surface area contributed by atoms with Crippen molar-refractivity contribution in [3.8, 4) is 11.5 Å². The lowest BCUT2D eigenvalue weighted by molar-refractivity contribution is 0.0686. The Morgan fingerprint density at radius 1 is 0.958 bits per heavy atom. The largest absolute Gasteiger partial charge is 0.495 e. The van der Waals surface area contributed by atoms with Gasteiger partial charge >= 0.3 is 11.9 Å². The van der Waals surface area contributed by atoms with Crippen LogP contribution in [0.2, 0.25) is 0 Å². The van der Waals surface area contributed by atoms with Crippen molar-refractivity contribution >= 4 is 29.0 Å². The normalized spacial score (nSPS) is 10.1. The maximum absolute atomic E-state index is 11.1. The number of methoxy groups -OCH3 is 2. The molecule has 0 aliphatic rings. The summed E-state index contributed by atoms with van der Waals surface area (Å²) in [5, 5.41) is 21.1. The van der Waals surface area contributed by atoms with Gasteiger partial charge in [0.05, 0.1) is 36.7 Å². The molecular formula is C16H16N2O6. The molecule has 0 aromatic heterocycles. The van der Waals surface area contributed by atoms with Gasteiger partial charge in [-0.2, -0.15) is 0 Å². The number of aromatic carboxylic acids is 2. The van der Waals surface area contributed by atoms with Crippen molar-refractivity contribution in [2.45, 2.75) is 0 Å². The summed E-state index contributed by atoms with van der Waals surface area (Å²) in [5.41, 5.74) is 6.94. The number of nitrogens with two attached hydrogens (primary N) is 1. The highest BCUT2D eigenvalue weighted by atomic mass is 16.5. The number of carboxylic acids is 2. The molecule has 0 aliphatic carbocycles. The minimum absolute atomic E-state index is 0.0110. The van der Waals surface area contributed by atoms with Gasteiger partial charge in [-0.25, -0.2) is 9.59 Å². The fourth-order valence-electron chi connectivity index (χ4n) is 2.12. The molecule has 0 unspecified atom stereocenters. The van der Waals surface area contributed by atoms with Crippen molar-refractivity contribution in [1.29, 1.82) is 0 Å². The number of ether oxygens (including phenoxy) is 2. The second kappa shape index (κ2) is 6.78. The Morgan fingerprint density at radius 2 is 1.54 bits per heavy atom. The average molecular weight is 332 g/mol. The number of benzene rings is 2. The van der Waals surface area contributed by atoms with Gasteiger partial charge in [0.2, 0.25) is 0 Å². The van der Waals surface area contributed by atoms with E-state index in [1.165, 1.54) is 44.6 Å².